The summed E-state index contributed by atoms with van der Waals surface area (Å²) in [4.78, 5) is 15.7. The predicted octanol–water partition coefficient (Wildman–Crippen LogP) is 2.90. The third-order valence-electron chi connectivity index (χ3n) is 2.51. The maximum atomic E-state index is 11.6. The van der Waals surface area contributed by atoms with Crippen LogP contribution in [0, 0.1) is 11.3 Å². The van der Waals surface area contributed by atoms with Gasteiger partial charge in [0, 0.05) is 0 Å². The number of pyridine rings is 1. The van der Waals surface area contributed by atoms with Crippen LogP contribution in [0.3, 0.4) is 0 Å². The van der Waals surface area contributed by atoms with Crippen molar-refractivity contribution in [3.63, 3.8) is 0 Å². The first kappa shape index (κ1) is 13.6. The summed E-state index contributed by atoms with van der Waals surface area (Å²) >= 11 is 0. The highest BCUT2D eigenvalue weighted by atomic mass is 16.5. The van der Waals surface area contributed by atoms with Crippen molar-refractivity contribution < 1.29 is 9.53 Å². The first-order valence-electron chi connectivity index (χ1n) is 6.08. The second-order valence-electron chi connectivity index (χ2n) is 4.04. The normalized spacial score (nSPS) is 9.55. The molecule has 0 fully saturated rings. The molecule has 0 radical (unpaired) electrons. The third-order valence-corrected chi connectivity index (χ3v) is 2.51. The number of hydrogen-bond acceptors (Lipinski definition) is 4. The van der Waals surface area contributed by atoms with Crippen molar-refractivity contribution in [3.8, 4) is 6.07 Å². The highest BCUT2D eigenvalue weighted by Gasteiger charge is 2.05. The van der Waals surface area contributed by atoms with Crippen LogP contribution < -0.4 is 5.32 Å². The molecule has 0 saturated carbocycles. The lowest BCUT2D eigenvalue weighted by atomic mass is 10.2. The van der Waals surface area contributed by atoms with Crippen LogP contribution >= 0.6 is 0 Å². The van der Waals surface area contributed by atoms with Crippen LogP contribution in [-0.4, -0.2) is 11.1 Å². The van der Waals surface area contributed by atoms with Crippen molar-refractivity contribution in [2.45, 2.75) is 13.0 Å². The highest BCUT2D eigenvalue weighted by Crippen LogP contribution is 2.07. The molecular formula is C15H13N3O2. The Hall–Kier alpha value is -2.87. The van der Waals surface area contributed by atoms with E-state index in [-0.39, 0.29) is 13.0 Å². The zero-order valence-electron chi connectivity index (χ0n) is 10.7. The number of carbonyl (C=O) groups is 1. The molecule has 1 N–H and O–H groups in total. The lowest BCUT2D eigenvalue weighted by Crippen LogP contribution is -2.14. The molecule has 0 unspecified atom stereocenters. The van der Waals surface area contributed by atoms with Crippen molar-refractivity contribution in [2.24, 2.45) is 0 Å². The molecule has 0 spiro atoms. The number of carbonyl (C=O) groups excluding carboxylic acids is 1. The van der Waals surface area contributed by atoms with E-state index < -0.39 is 6.09 Å². The number of ether oxygens (including phenoxy) is 1. The fourth-order valence-corrected chi connectivity index (χ4v) is 1.59. The molecule has 0 aliphatic heterocycles. The standard InChI is InChI=1S/C15H13N3O2/c16-10-9-13-7-4-8-14(17-13)18-15(19)20-11-12-5-2-1-3-6-12/h1-8H,9,11H2,(H,17,18,19). The van der Waals surface area contributed by atoms with Crippen LogP contribution in [-0.2, 0) is 17.8 Å². The number of nitrogens with zero attached hydrogens (tertiary/aromatic N) is 2. The molecule has 1 amide bonds. The molecular weight excluding hydrogens is 254 g/mol. The minimum atomic E-state index is -0.574. The molecule has 100 valence electrons. The summed E-state index contributed by atoms with van der Waals surface area (Å²) in [7, 11) is 0. The molecule has 2 aromatic rings. The molecule has 0 atom stereocenters. The van der Waals surface area contributed by atoms with E-state index in [0.29, 0.717) is 11.5 Å². The number of amides is 1. The summed E-state index contributed by atoms with van der Waals surface area (Å²) in [5, 5.41) is 11.1. The highest BCUT2D eigenvalue weighted by molar-refractivity contribution is 5.83. The van der Waals surface area contributed by atoms with Crippen LogP contribution in [0.5, 0.6) is 0 Å². The van der Waals surface area contributed by atoms with Gasteiger partial charge < -0.3 is 4.74 Å². The van der Waals surface area contributed by atoms with E-state index in [2.05, 4.69) is 10.3 Å². The van der Waals surface area contributed by atoms with E-state index in [1.807, 2.05) is 36.4 Å². The Bertz CT molecular complexity index is 621. The van der Waals surface area contributed by atoms with E-state index in [1.54, 1.807) is 18.2 Å². The van der Waals surface area contributed by atoms with Gasteiger partial charge in [-0.05, 0) is 17.7 Å². The van der Waals surface area contributed by atoms with Crippen LogP contribution in [0.15, 0.2) is 48.5 Å². The van der Waals surface area contributed by atoms with Gasteiger partial charge in [-0.2, -0.15) is 5.26 Å². The molecule has 5 nitrogen and oxygen atoms in total. The number of rotatable bonds is 4. The van der Waals surface area contributed by atoms with Gasteiger partial charge in [-0.1, -0.05) is 36.4 Å². The molecule has 0 aliphatic carbocycles. The van der Waals surface area contributed by atoms with Gasteiger partial charge in [-0.25, -0.2) is 9.78 Å². The van der Waals surface area contributed by atoms with Gasteiger partial charge in [0.15, 0.2) is 0 Å². The van der Waals surface area contributed by atoms with Gasteiger partial charge in [0.1, 0.15) is 12.4 Å². The Morgan fingerprint density at radius 1 is 1.20 bits per heavy atom. The summed E-state index contributed by atoms with van der Waals surface area (Å²) in [6.07, 6.45) is -0.371. The third kappa shape index (κ3) is 4.10. The molecule has 20 heavy (non-hydrogen) atoms. The van der Waals surface area contributed by atoms with E-state index in [4.69, 9.17) is 10.00 Å². The first-order valence-corrected chi connectivity index (χ1v) is 6.08. The summed E-state index contributed by atoms with van der Waals surface area (Å²) in [5.41, 5.74) is 1.52. The van der Waals surface area contributed by atoms with Crippen LogP contribution in [0.2, 0.25) is 0 Å². The largest absolute Gasteiger partial charge is 0.444 e. The van der Waals surface area contributed by atoms with Crippen LogP contribution in [0.25, 0.3) is 0 Å². The fraction of sp³-hybridized carbons (Fsp3) is 0.133. The first-order chi connectivity index (χ1) is 9.78. The number of hydrogen-bond donors (Lipinski definition) is 1. The zero-order chi connectivity index (χ0) is 14.2. The number of nitriles is 1. The zero-order valence-corrected chi connectivity index (χ0v) is 10.7. The monoisotopic (exact) mass is 267 g/mol. The number of aromatic nitrogens is 1. The quantitative estimate of drug-likeness (QED) is 0.924. The smallest absolute Gasteiger partial charge is 0.413 e. The minimum absolute atomic E-state index is 0.199. The molecule has 1 aromatic carbocycles. The van der Waals surface area contributed by atoms with Gasteiger partial charge in [0.25, 0.3) is 0 Å². The van der Waals surface area contributed by atoms with E-state index in [0.717, 1.165) is 5.56 Å². The van der Waals surface area contributed by atoms with E-state index >= 15 is 0 Å². The lowest BCUT2D eigenvalue weighted by molar-refractivity contribution is 0.155. The predicted molar refractivity (Wildman–Crippen MR) is 73.8 cm³/mol. The summed E-state index contributed by atoms with van der Waals surface area (Å²) in [5.74, 6) is 0.371. The summed E-state index contributed by atoms with van der Waals surface area (Å²) in [6, 6.07) is 16.5. The molecule has 0 aliphatic rings. The molecule has 1 heterocycles. The summed E-state index contributed by atoms with van der Waals surface area (Å²) in [6.45, 7) is 0.199. The number of anilines is 1. The average Bonchev–Trinajstić information content (AvgIpc) is 2.47. The molecule has 2 rings (SSSR count). The Balaban J connectivity index is 1.88. The Labute approximate surface area is 116 Å². The fourth-order valence-electron chi connectivity index (χ4n) is 1.59. The van der Waals surface area contributed by atoms with Crippen molar-refractivity contribution in [2.75, 3.05) is 5.32 Å². The Morgan fingerprint density at radius 2 is 2.00 bits per heavy atom. The number of benzene rings is 1. The Morgan fingerprint density at radius 3 is 2.75 bits per heavy atom. The molecule has 0 saturated heterocycles. The lowest BCUT2D eigenvalue weighted by Gasteiger charge is -2.07. The van der Waals surface area contributed by atoms with E-state index in [9.17, 15) is 4.79 Å². The second-order valence-corrected chi connectivity index (χ2v) is 4.04. The van der Waals surface area contributed by atoms with Crippen LogP contribution in [0.1, 0.15) is 11.3 Å². The topological polar surface area (TPSA) is 75.0 Å². The average molecular weight is 267 g/mol. The molecule has 1 aromatic heterocycles. The van der Waals surface area contributed by atoms with Gasteiger partial charge in [-0.3, -0.25) is 5.32 Å². The van der Waals surface area contributed by atoms with Gasteiger partial charge in [-0.15, -0.1) is 0 Å². The number of nitrogens with one attached hydrogen (secondary N) is 1. The molecule has 5 heteroatoms. The maximum Gasteiger partial charge on any atom is 0.413 e. The van der Waals surface area contributed by atoms with Crippen molar-refractivity contribution in [1.29, 1.82) is 5.26 Å². The van der Waals surface area contributed by atoms with Gasteiger partial charge >= 0.3 is 6.09 Å². The van der Waals surface area contributed by atoms with Crippen molar-refractivity contribution >= 4 is 11.9 Å². The SMILES string of the molecule is N#CCc1cccc(NC(=O)OCc2ccccc2)n1. The Kier molecular flexibility index (Phi) is 4.68. The van der Waals surface area contributed by atoms with E-state index in [1.165, 1.54) is 0 Å². The van der Waals surface area contributed by atoms with Gasteiger partial charge in [0.2, 0.25) is 0 Å². The van der Waals surface area contributed by atoms with Crippen LogP contribution in [0.4, 0.5) is 10.6 Å². The van der Waals surface area contributed by atoms with Crippen molar-refractivity contribution in [3.05, 3.63) is 59.8 Å². The second kappa shape index (κ2) is 6.90. The molecule has 0 bridgehead atoms. The maximum absolute atomic E-state index is 11.6. The van der Waals surface area contributed by atoms with Gasteiger partial charge in [0.05, 0.1) is 18.2 Å². The summed E-state index contributed by atoms with van der Waals surface area (Å²) < 4.78 is 5.08. The minimum Gasteiger partial charge on any atom is -0.444 e. The van der Waals surface area contributed by atoms with Crippen molar-refractivity contribution in [1.82, 2.24) is 4.98 Å².